The van der Waals surface area contributed by atoms with Crippen LogP contribution in [0.1, 0.15) is 12.5 Å². The lowest BCUT2D eigenvalue weighted by Gasteiger charge is -1.95. The van der Waals surface area contributed by atoms with Crippen LogP contribution in [0.4, 0.5) is 5.82 Å². The van der Waals surface area contributed by atoms with Gasteiger partial charge in [0.05, 0.1) is 16.9 Å². The van der Waals surface area contributed by atoms with Crippen LogP contribution in [0, 0.1) is 29.2 Å². The average Bonchev–Trinajstić information content (AvgIpc) is 3.01. The molecule has 0 unspecified atom stereocenters. The molecular weight excluding hydrogens is 396 g/mol. The second-order valence-corrected chi connectivity index (χ2v) is 6.03. The molecule has 13 heteroatoms. The highest BCUT2D eigenvalue weighted by Gasteiger charge is 2.07. The van der Waals surface area contributed by atoms with E-state index in [0.29, 0.717) is 16.4 Å². The molecule has 1 rings (SSSR count). The van der Waals surface area contributed by atoms with Crippen molar-refractivity contribution in [1.82, 2.24) is 15.8 Å². The molecule has 8 N–H and O–H groups in total. The van der Waals surface area contributed by atoms with Crippen LogP contribution < -0.4 is 17.2 Å². The van der Waals surface area contributed by atoms with Gasteiger partial charge in [0.15, 0.2) is 0 Å². The first-order valence-electron chi connectivity index (χ1n) is 6.50. The number of aromatic amines is 1. The molecule has 0 spiro atoms. The minimum Gasteiger partial charge on any atom is -0.397 e. The highest BCUT2D eigenvalue weighted by Crippen LogP contribution is 2.27. The van der Waals surface area contributed by atoms with Crippen LogP contribution in [0.3, 0.4) is 0 Å². The number of anilines is 1. The van der Waals surface area contributed by atoms with E-state index in [1.165, 1.54) is 40.9 Å². The molecule has 10 nitrogen and oxygen atoms in total. The van der Waals surface area contributed by atoms with Crippen LogP contribution in [0.15, 0.2) is 15.0 Å². The molecule has 0 aliphatic heterocycles. The molecule has 1 heterocycles. The van der Waals surface area contributed by atoms with Gasteiger partial charge in [0.25, 0.3) is 5.70 Å². The van der Waals surface area contributed by atoms with Crippen LogP contribution >= 0.6 is 35.3 Å². The summed E-state index contributed by atoms with van der Waals surface area (Å²) in [6.45, 7) is 8.55. The van der Waals surface area contributed by atoms with Gasteiger partial charge >= 0.3 is 0 Å². The molecule has 0 radical (unpaired) electrons. The van der Waals surface area contributed by atoms with Gasteiger partial charge in [-0.1, -0.05) is 0 Å². The van der Waals surface area contributed by atoms with Crippen molar-refractivity contribution in [2.45, 2.75) is 11.9 Å². The number of nitrogens with two attached hydrogens (primary N) is 2. The summed E-state index contributed by atoms with van der Waals surface area (Å²) < 4.78 is 0.789. The number of aromatic nitrogens is 2. The Morgan fingerprint density at radius 2 is 1.85 bits per heavy atom. The fourth-order valence-corrected chi connectivity index (χ4v) is 2.72. The maximum absolute atomic E-state index is 8.52. The fraction of sp³-hybridized carbons (Fsp3) is 0.385. The van der Waals surface area contributed by atoms with E-state index in [2.05, 4.69) is 20.9 Å². The zero-order valence-electron chi connectivity index (χ0n) is 14.8. The first-order valence-corrected chi connectivity index (χ1v) is 10.2. The van der Waals surface area contributed by atoms with Gasteiger partial charge in [-0.3, -0.25) is 5.10 Å². The largest absolute Gasteiger partial charge is 0.397 e. The monoisotopic (exact) mass is 418 g/mol. The lowest BCUT2D eigenvalue weighted by atomic mass is 10.4. The Kier molecular flexibility index (Phi) is 23.5. The summed E-state index contributed by atoms with van der Waals surface area (Å²) in [5.74, 6) is 4.49. The maximum atomic E-state index is 8.52. The highest BCUT2D eigenvalue weighted by molar-refractivity contribution is 8.21. The number of aliphatic hydroxyl groups is 1. The van der Waals surface area contributed by atoms with Crippen molar-refractivity contribution >= 4 is 41.1 Å². The van der Waals surface area contributed by atoms with Crippen LogP contribution in [0.25, 0.3) is 4.85 Å². The van der Waals surface area contributed by atoms with Gasteiger partial charge in [0.2, 0.25) is 0 Å². The molecular formula is C13H22N8O2S3. The average molecular weight is 419 g/mol. The van der Waals surface area contributed by atoms with Gasteiger partial charge in [-0.15, -0.1) is 40.9 Å². The molecule has 1 aromatic heterocycles. The number of H-pyrrole nitrogens is 1. The maximum Gasteiger partial charge on any atom is 0.281 e. The number of nitrogens with one attached hydrogen (secondary N) is 2. The normalized spacial score (nSPS) is 7.85. The second kappa shape index (κ2) is 21.2. The van der Waals surface area contributed by atoms with Crippen molar-refractivity contribution < 1.29 is 10.3 Å². The van der Waals surface area contributed by atoms with Crippen molar-refractivity contribution in [2.75, 3.05) is 31.1 Å². The Hall–Kier alpha value is -1.89. The molecule has 0 amide bonds. The van der Waals surface area contributed by atoms with Crippen molar-refractivity contribution in [1.29, 1.82) is 10.5 Å². The third-order valence-electron chi connectivity index (χ3n) is 1.85. The summed E-state index contributed by atoms with van der Waals surface area (Å²) >= 11 is 4.26. The first-order chi connectivity index (χ1) is 12.4. The minimum absolute atomic E-state index is 0.194. The summed E-state index contributed by atoms with van der Waals surface area (Å²) in [6, 6.07) is 3.79. The molecule has 0 aromatic carbocycles. The van der Waals surface area contributed by atoms with E-state index in [-0.39, 0.29) is 12.3 Å². The highest BCUT2D eigenvalue weighted by atomic mass is 32.2. The first kappa shape index (κ1) is 28.9. The van der Waals surface area contributed by atoms with Gasteiger partial charge in [-0.25, -0.2) is 15.9 Å². The van der Waals surface area contributed by atoms with E-state index in [1.807, 2.05) is 30.9 Å². The zero-order valence-corrected chi connectivity index (χ0v) is 17.2. The predicted octanol–water partition coefficient (Wildman–Crippen LogP) is 1.75. The molecule has 1 aromatic rings. The minimum atomic E-state index is 0.194. The van der Waals surface area contributed by atoms with Gasteiger partial charge in [-0.05, 0) is 25.7 Å². The number of nitrogen functional groups attached to an aromatic ring is 1. The summed E-state index contributed by atoms with van der Waals surface area (Å²) in [4.78, 5) is 3.08. The number of hydrogen-bond donors (Lipinski definition) is 6. The lowest BCUT2D eigenvalue weighted by Crippen LogP contribution is -2.14. The van der Waals surface area contributed by atoms with Crippen molar-refractivity contribution in [3.8, 4) is 12.1 Å². The van der Waals surface area contributed by atoms with Crippen LogP contribution in [-0.4, -0.2) is 45.9 Å². The molecule has 0 aliphatic rings. The van der Waals surface area contributed by atoms with Gasteiger partial charge in [0, 0.05) is 6.61 Å². The number of hydrazine groups is 1. The molecule has 0 bridgehead atoms. The molecule has 0 saturated heterocycles. The molecule has 0 atom stereocenters. The van der Waals surface area contributed by atoms with Crippen molar-refractivity contribution in [3.05, 3.63) is 26.9 Å². The third kappa shape index (κ3) is 13.4. The quantitative estimate of drug-likeness (QED) is 0.138. The van der Waals surface area contributed by atoms with Crippen molar-refractivity contribution in [3.63, 3.8) is 0 Å². The fourth-order valence-electron chi connectivity index (χ4n) is 0.987. The number of thioether (sulfide) groups is 3. The summed E-state index contributed by atoms with van der Waals surface area (Å²) in [6.07, 6.45) is 5.55. The summed E-state index contributed by atoms with van der Waals surface area (Å²) in [5, 5.41) is 38.6. The molecule has 26 heavy (non-hydrogen) atoms. The lowest BCUT2D eigenvalue weighted by molar-refractivity contribution is 0.169. The number of allylic oxidation sites excluding steroid dienone is 1. The van der Waals surface area contributed by atoms with Gasteiger partial charge < -0.3 is 16.0 Å². The third-order valence-corrected chi connectivity index (χ3v) is 4.66. The van der Waals surface area contributed by atoms with E-state index in [9.17, 15) is 0 Å². The molecule has 0 fully saturated rings. The smallest absolute Gasteiger partial charge is 0.281 e. The van der Waals surface area contributed by atoms with Crippen LogP contribution in [0.5, 0.6) is 0 Å². The van der Waals surface area contributed by atoms with Crippen LogP contribution in [-0.2, 0) is 0 Å². The SMILES string of the molecule is CCO.CSc1n[nH]c(N)c1C#N.NNO.[C-]#[N+]C(C#N)=C(SC)SC. The van der Waals surface area contributed by atoms with Crippen LogP contribution in [0.2, 0.25) is 0 Å². The van der Waals surface area contributed by atoms with E-state index in [4.69, 9.17) is 33.1 Å². The zero-order chi connectivity index (χ0) is 21.0. The topological polar surface area (TPSA) is 185 Å². The Balaban J connectivity index is -0.000000313. The molecule has 144 valence electrons. The summed E-state index contributed by atoms with van der Waals surface area (Å²) in [5.41, 5.74) is 7.26. The Labute approximate surface area is 165 Å². The number of rotatable bonds is 3. The summed E-state index contributed by atoms with van der Waals surface area (Å²) in [7, 11) is 0. The Morgan fingerprint density at radius 3 is 2.04 bits per heavy atom. The predicted molar refractivity (Wildman–Crippen MR) is 108 cm³/mol. The number of hydrogen-bond acceptors (Lipinski definition) is 11. The molecule has 0 aliphatic carbocycles. The van der Waals surface area contributed by atoms with E-state index < -0.39 is 0 Å². The van der Waals surface area contributed by atoms with Crippen molar-refractivity contribution in [2.24, 2.45) is 5.84 Å². The molecule has 0 saturated carbocycles. The number of nitriles is 2. The van der Waals surface area contributed by atoms with Gasteiger partial charge in [-0.2, -0.15) is 10.4 Å². The standard InChI is InChI=1S/C6H6N2S2.C5H6N4S.C2H6O.H4N2O/c1-8-5(4-7)6(9-2)10-3;1-10-5-3(2-6)4(7)8-9-5;2*1-2-3/h2-3H3;1H3,(H3,7,8,9);3H,2H2,1H3;2-3H,1H2. The van der Waals surface area contributed by atoms with E-state index in [0.717, 1.165) is 4.24 Å². The van der Waals surface area contributed by atoms with Gasteiger partial charge in [0.1, 0.15) is 22.5 Å². The van der Waals surface area contributed by atoms with E-state index in [1.54, 1.807) is 6.92 Å². The second-order valence-electron chi connectivity index (χ2n) is 3.35. The Bertz CT molecular complexity index is 619. The number of aliphatic hydroxyl groups excluding tert-OH is 1. The van der Waals surface area contributed by atoms with E-state index >= 15 is 0 Å². The number of nitrogens with zero attached hydrogens (tertiary/aromatic N) is 4. The Morgan fingerprint density at radius 1 is 1.38 bits per heavy atom.